The van der Waals surface area contributed by atoms with Crippen LogP contribution in [-0.4, -0.2) is 43.7 Å². The molecule has 1 atom stereocenters. The number of hydrogen-bond donors (Lipinski definition) is 2. The van der Waals surface area contributed by atoms with Crippen molar-refractivity contribution in [3.8, 4) is 0 Å². The molecule has 0 spiro atoms. The van der Waals surface area contributed by atoms with E-state index in [1.54, 1.807) is 6.20 Å². The zero-order chi connectivity index (χ0) is 14.9. The van der Waals surface area contributed by atoms with E-state index in [1.807, 2.05) is 6.07 Å². The fraction of sp³-hybridized carbons (Fsp3) is 0.571. The molecule has 1 saturated carbocycles. The number of aromatic amines is 1. The Morgan fingerprint density at radius 1 is 1.45 bits per heavy atom. The Kier molecular flexibility index (Phi) is 3.38. The zero-order valence-corrected chi connectivity index (χ0v) is 12.2. The second kappa shape index (κ2) is 5.53. The van der Waals surface area contributed by atoms with Gasteiger partial charge in [0.05, 0.1) is 6.04 Å². The summed E-state index contributed by atoms with van der Waals surface area (Å²) in [6, 6.07) is 2.31. The lowest BCUT2D eigenvalue weighted by Crippen LogP contribution is -2.27. The normalized spacial score (nSPS) is 22.1. The van der Waals surface area contributed by atoms with Crippen molar-refractivity contribution in [2.24, 2.45) is 0 Å². The molecule has 2 fully saturated rings. The highest BCUT2D eigenvalue weighted by molar-refractivity contribution is 5.90. The second-order valence-corrected chi connectivity index (χ2v) is 5.91. The van der Waals surface area contributed by atoms with Gasteiger partial charge in [0.25, 0.3) is 11.7 Å². The first-order chi connectivity index (χ1) is 10.8. The van der Waals surface area contributed by atoms with E-state index < -0.39 is 0 Å². The average Bonchev–Trinajstić information content (AvgIpc) is 2.98. The first kappa shape index (κ1) is 13.4. The molecule has 2 aromatic rings. The van der Waals surface area contributed by atoms with Crippen LogP contribution in [0.4, 0.5) is 0 Å². The van der Waals surface area contributed by atoms with Crippen molar-refractivity contribution in [1.82, 2.24) is 30.6 Å². The Morgan fingerprint density at radius 2 is 2.36 bits per heavy atom. The molecule has 0 aromatic carbocycles. The number of rotatable bonds is 5. The largest absolute Gasteiger partial charge is 0.346 e. The van der Waals surface area contributed by atoms with Crippen molar-refractivity contribution in [2.75, 3.05) is 6.54 Å². The second-order valence-electron chi connectivity index (χ2n) is 5.91. The first-order valence-electron chi connectivity index (χ1n) is 7.66. The Balaban J connectivity index is 1.45. The standard InChI is InChI=1S/C14H18N6O2/c21-13(16-9-3-4-9)12-17-14(22-19-12)11-2-1-7-20(11)8-10-5-6-15-18-10/h5-6,9,11H,1-4,7-8H2,(H,15,18)(H,16,21). The molecule has 0 bridgehead atoms. The Bertz CT molecular complexity index is 648. The molecule has 2 aliphatic rings. The maximum Gasteiger partial charge on any atom is 0.292 e. The summed E-state index contributed by atoms with van der Waals surface area (Å²) < 4.78 is 5.33. The van der Waals surface area contributed by atoms with Crippen molar-refractivity contribution in [3.63, 3.8) is 0 Å². The number of aromatic nitrogens is 4. The molecule has 1 aliphatic carbocycles. The summed E-state index contributed by atoms with van der Waals surface area (Å²) in [5.41, 5.74) is 1.05. The van der Waals surface area contributed by atoms with Gasteiger partial charge in [-0.2, -0.15) is 10.1 Å². The molecular weight excluding hydrogens is 284 g/mol. The molecule has 4 rings (SSSR count). The lowest BCUT2D eigenvalue weighted by molar-refractivity contribution is 0.0937. The third-order valence-corrected chi connectivity index (χ3v) is 4.14. The fourth-order valence-electron chi connectivity index (χ4n) is 2.83. The van der Waals surface area contributed by atoms with Gasteiger partial charge < -0.3 is 9.84 Å². The van der Waals surface area contributed by atoms with Crippen molar-refractivity contribution in [1.29, 1.82) is 0 Å². The minimum absolute atomic E-state index is 0.0678. The molecule has 1 unspecified atom stereocenters. The summed E-state index contributed by atoms with van der Waals surface area (Å²) in [6.45, 7) is 1.73. The molecule has 8 nitrogen and oxygen atoms in total. The quantitative estimate of drug-likeness (QED) is 0.855. The van der Waals surface area contributed by atoms with Crippen LogP contribution in [0.2, 0.25) is 0 Å². The van der Waals surface area contributed by atoms with Gasteiger partial charge in [-0.1, -0.05) is 5.16 Å². The van der Waals surface area contributed by atoms with E-state index in [2.05, 4.69) is 30.6 Å². The summed E-state index contributed by atoms with van der Waals surface area (Å²) in [5, 5.41) is 13.6. The van der Waals surface area contributed by atoms with Crippen LogP contribution in [0.1, 0.15) is 53.9 Å². The van der Waals surface area contributed by atoms with Crippen LogP contribution in [-0.2, 0) is 6.54 Å². The van der Waals surface area contributed by atoms with Crippen molar-refractivity contribution in [3.05, 3.63) is 29.7 Å². The van der Waals surface area contributed by atoms with E-state index in [1.165, 1.54) is 0 Å². The van der Waals surface area contributed by atoms with Gasteiger partial charge in [-0.3, -0.25) is 14.8 Å². The number of carbonyl (C=O) groups is 1. The number of carbonyl (C=O) groups excluding carboxylic acids is 1. The lowest BCUT2D eigenvalue weighted by Gasteiger charge is -2.20. The van der Waals surface area contributed by atoms with E-state index in [9.17, 15) is 4.79 Å². The highest BCUT2D eigenvalue weighted by atomic mass is 16.5. The minimum Gasteiger partial charge on any atom is -0.346 e. The summed E-state index contributed by atoms with van der Waals surface area (Å²) in [7, 11) is 0. The monoisotopic (exact) mass is 302 g/mol. The Labute approximate surface area is 127 Å². The molecule has 8 heteroatoms. The molecular formula is C14H18N6O2. The predicted octanol–water partition coefficient (Wildman–Crippen LogP) is 1.02. The lowest BCUT2D eigenvalue weighted by atomic mass is 10.2. The van der Waals surface area contributed by atoms with E-state index in [0.29, 0.717) is 5.89 Å². The third kappa shape index (κ3) is 2.74. The summed E-state index contributed by atoms with van der Waals surface area (Å²) in [4.78, 5) is 18.5. The summed E-state index contributed by atoms with van der Waals surface area (Å²) >= 11 is 0. The van der Waals surface area contributed by atoms with Gasteiger partial charge >= 0.3 is 0 Å². The van der Waals surface area contributed by atoms with Crippen LogP contribution in [0, 0.1) is 0 Å². The topological polar surface area (TPSA) is 99.9 Å². The predicted molar refractivity (Wildman–Crippen MR) is 75.8 cm³/mol. The fourth-order valence-corrected chi connectivity index (χ4v) is 2.83. The SMILES string of the molecule is O=C(NC1CC1)c1noc(C2CCCN2Cc2ccn[nH]2)n1. The van der Waals surface area contributed by atoms with Gasteiger partial charge in [0.15, 0.2) is 0 Å². The molecule has 22 heavy (non-hydrogen) atoms. The van der Waals surface area contributed by atoms with Gasteiger partial charge in [-0.25, -0.2) is 0 Å². The van der Waals surface area contributed by atoms with E-state index >= 15 is 0 Å². The minimum atomic E-state index is -0.240. The first-order valence-corrected chi connectivity index (χ1v) is 7.66. The summed E-state index contributed by atoms with van der Waals surface area (Å²) in [5.74, 6) is 0.420. The number of H-pyrrole nitrogens is 1. The van der Waals surface area contributed by atoms with Crippen LogP contribution in [0.15, 0.2) is 16.8 Å². The average molecular weight is 302 g/mol. The van der Waals surface area contributed by atoms with E-state index in [-0.39, 0.29) is 23.8 Å². The smallest absolute Gasteiger partial charge is 0.292 e. The molecule has 0 radical (unpaired) electrons. The van der Waals surface area contributed by atoms with Crippen LogP contribution < -0.4 is 5.32 Å². The van der Waals surface area contributed by atoms with Crippen LogP contribution in [0.25, 0.3) is 0 Å². The third-order valence-electron chi connectivity index (χ3n) is 4.14. The van der Waals surface area contributed by atoms with Gasteiger partial charge in [0, 0.05) is 24.5 Å². The molecule has 2 aromatic heterocycles. The van der Waals surface area contributed by atoms with Crippen LogP contribution in [0.3, 0.4) is 0 Å². The molecule has 1 saturated heterocycles. The number of likely N-dealkylation sites (tertiary alicyclic amines) is 1. The zero-order valence-electron chi connectivity index (χ0n) is 12.2. The highest BCUT2D eigenvalue weighted by Gasteiger charge is 2.32. The van der Waals surface area contributed by atoms with Crippen LogP contribution in [0.5, 0.6) is 0 Å². The maximum atomic E-state index is 11.9. The Morgan fingerprint density at radius 3 is 3.14 bits per heavy atom. The maximum absolute atomic E-state index is 11.9. The number of hydrogen-bond acceptors (Lipinski definition) is 6. The molecule has 3 heterocycles. The molecule has 1 amide bonds. The molecule has 116 valence electrons. The van der Waals surface area contributed by atoms with Crippen molar-refractivity contribution >= 4 is 5.91 Å². The van der Waals surface area contributed by atoms with Crippen molar-refractivity contribution < 1.29 is 9.32 Å². The number of nitrogens with zero attached hydrogens (tertiary/aromatic N) is 4. The van der Waals surface area contributed by atoms with E-state index in [0.717, 1.165) is 44.5 Å². The van der Waals surface area contributed by atoms with E-state index in [4.69, 9.17) is 4.52 Å². The van der Waals surface area contributed by atoms with Crippen LogP contribution >= 0.6 is 0 Å². The van der Waals surface area contributed by atoms with Gasteiger partial charge in [-0.15, -0.1) is 0 Å². The van der Waals surface area contributed by atoms with Gasteiger partial charge in [-0.05, 0) is 38.3 Å². The molecule has 2 N–H and O–H groups in total. The van der Waals surface area contributed by atoms with Gasteiger partial charge in [0.2, 0.25) is 5.89 Å². The van der Waals surface area contributed by atoms with Crippen molar-refractivity contribution in [2.45, 2.75) is 44.3 Å². The number of amides is 1. The van der Waals surface area contributed by atoms with Gasteiger partial charge in [0.1, 0.15) is 0 Å². The Hall–Kier alpha value is -2.22. The summed E-state index contributed by atoms with van der Waals surface area (Å²) in [6.07, 6.45) is 5.85. The highest BCUT2D eigenvalue weighted by Crippen LogP contribution is 2.32. The number of nitrogens with one attached hydrogen (secondary N) is 2. The molecule has 1 aliphatic heterocycles.